The van der Waals surface area contributed by atoms with E-state index in [2.05, 4.69) is 16.8 Å². The van der Waals surface area contributed by atoms with Gasteiger partial charge in [-0.1, -0.05) is 23.9 Å². The van der Waals surface area contributed by atoms with Gasteiger partial charge in [0.15, 0.2) is 5.60 Å². The Labute approximate surface area is 141 Å². The molecule has 1 aromatic heterocycles. The molecule has 0 spiro atoms. The van der Waals surface area contributed by atoms with Crippen LogP contribution in [0.15, 0.2) is 42.7 Å². The van der Waals surface area contributed by atoms with Crippen LogP contribution in [0.25, 0.3) is 0 Å². The second-order valence-corrected chi connectivity index (χ2v) is 6.23. The number of aromatic hydroxyl groups is 1. The number of aromatic nitrogens is 1. The van der Waals surface area contributed by atoms with Crippen LogP contribution >= 0.6 is 11.6 Å². The fourth-order valence-electron chi connectivity index (χ4n) is 2.79. The SMILES string of the molecule is Oc1cncc(C#CC2(Oc3ccc(Cl)cc3)CCCCC2)c1. The molecule has 118 valence electrons. The zero-order valence-corrected chi connectivity index (χ0v) is 13.5. The van der Waals surface area contributed by atoms with Crippen molar-refractivity contribution in [2.75, 3.05) is 0 Å². The van der Waals surface area contributed by atoms with Gasteiger partial charge in [0.2, 0.25) is 0 Å². The molecule has 3 rings (SSSR count). The maximum atomic E-state index is 9.50. The zero-order valence-electron chi connectivity index (χ0n) is 12.8. The molecule has 0 radical (unpaired) electrons. The fraction of sp³-hybridized carbons (Fsp3) is 0.316. The molecule has 1 aliphatic rings. The van der Waals surface area contributed by atoms with Crippen molar-refractivity contribution in [3.63, 3.8) is 0 Å². The molecule has 0 saturated heterocycles. The third-order valence-electron chi connectivity index (χ3n) is 3.95. The van der Waals surface area contributed by atoms with Crippen molar-refractivity contribution in [2.45, 2.75) is 37.7 Å². The van der Waals surface area contributed by atoms with E-state index in [4.69, 9.17) is 16.3 Å². The van der Waals surface area contributed by atoms with Gasteiger partial charge in [0.25, 0.3) is 0 Å². The van der Waals surface area contributed by atoms with Crippen molar-refractivity contribution in [1.29, 1.82) is 0 Å². The number of hydrogen-bond donors (Lipinski definition) is 1. The van der Waals surface area contributed by atoms with Crippen molar-refractivity contribution in [1.82, 2.24) is 4.98 Å². The maximum Gasteiger partial charge on any atom is 0.169 e. The first-order chi connectivity index (χ1) is 11.2. The van der Waals surface area contributed by atoms with Gasteiger partial charge in [0.1, 0.15) is 11.5 Å². The summed E-state index contributed by atoms with van der Waals surface area (Å²) in [7, 11) is 0. The van der Waals surface area contributed by atoms with E-state index >= 15 is 0 Å². The quantitative estimate of drug-likeness (QED) is 0.821. The summed E-state index contributed by atoms with van der Waals surface area (Å²) >= 11 is 5.93. The summed E-state index contributed by atoms with van der Waals surface area (Å²) in [5, 5.41) is 10.2. The van der Waals surface area contributed by atoms with E-state index < -0.39 is 5.60 Å². The lowest BCUT2D eigenvalue weighted by Crippen LogP contribution is -2.36. The third-order valence-corrected chi connectivity index (χ3v) is 4.20. The van der Waals surface area contributed by atoms with Gasteiger partial charge in [-0.2, -0.15) is 0 Å². The Balaban J connectivity index is 1.86. The van der Waals surface area contributed by atoms with Crippen LogP contribution in [-0.4, -0.2) is 15.7 Å². The van der Waals surface area contributed by atoms with Gasteiger partial charge in [-0.15, -0.1) is 0 Å². The molecule has 1 saturated carbocycles. The van der Waals surface area contributed by atoms with E-state index in [0.29, 0.717) is 10.6 Å². The molecule has 3 nitrogen and oxygen atoms in total. The lowest BCUT2D eigenvalue weighted by molar-refractivity contribution is 0.0871. The van der Waals surface area contributed by atoms with E-state index in [9.17, 15) is 5.11 Å². The first-order valence-corrected chi connectivity index (χ1v) is 8.15. The Morgan fingerprint density at radius 2 is 1.83 bits per heavy atom. The van der Waals surface area contributed by atoms with E-state index in [1.807, 2.05) is 24.3 Å². The van der Waals surface area contributed by atoms with E-state index in [-0.39, 0.29) is 5.75 Å². The van der Waals surface area contributed by atoms with Crippen LogP contribution in [0.5, 0.6) is 11.5 Å². The van der Waals surface area contributed by atoms with E-state index in [0.717, 1.165) is 31.4 Å². The second kappa shape index (κ2) is 6.93. The molecule has 0 atom stereocenters. The molecule has 23 heavy (non-hydrogen) atoms. The van der Waals surface area contributed by atoms with Gasteiger partial charge in [0, 0.05) is 16.8 Å². The summed E-state index contributed by atoms with van der Waals surface area (Å²) in [6.07, 6.45) is 8.24. The molecule has 0 bridgehead atoms. The minimum absolute atomic E-state index is 0.119. The molecule has 1 N–H and O–H groups in total. The van der Waals surface area contributed by atoms with Crippen LogP contribution in [0.4, 0.5) is 0 Å². The number of nitrogens with zero attached hydrogens (tertiary/aromatic N) is 1. The Morgan fingerprint density at radius 1 is 1.09 bits per heavy atom. The molecule has 0 aliphatic heterocycles. The van der Waals surface area contributed by atoms with E-state index in [1.54, 1.807) is 12.3 Å². The molecular weight excluding hydrogens is 310 g/mol. The molecule has 2 aromatic rings. The molecule has 1 aliphatic carbocycles. The van der Waals surface area contributed by atoms with Crippen molar-refractivity contribution in [3.05, 3.63) is 53.3 Å². The number of benzene rings is 1. The fourth-order valence-corrected chi connectivity index (χ4v) is 2.91. The van der Waals surface area contributed by atoms with Crippen LogP contribution in [0.1, 0.15) is 37.7 Å². The highest BCUT2D eigenvalue weighted by molar-refractivity contribution is 6.30. The van der Waals surface area contributed by atoms with Crippen LogP contribution in [0.3, 0.4) is 0 Å². The van der Waals surface area contributed by atoms with Gasteiger partial charge < -0.3 is 9.84 Å². The summed E-state index contributed by atoms with van der Waals surface area (Å²) in [6, 6.07) is 8.99. The smallest absolute Gasteiger partial charge is 0.169 e. The summed E-state index contributed by atoms with van der Waals surface area (Å²) in [4.78, 5) is 3.96. The molecule has 1 aromatic carbocycles. The average Bonchev–Trinajstić information content (AvgIpc) is 2.56. The molecule has 1 fully saturated rings. The van der Waals surface area contributed by atoms with Crippen LogP contribution in [0.2, 0.25) is 5.02 Å². The lowest BCUT2D eigenvalue weighted by atomic mass is 9.85. The van der Waals surface area contributed by atoms with Crippen LogP contribution in [0, 0.1) is 11.8 Å². The van der Waals surface area contributed by atoms with Crippen molar-refractivity contribution in [3.8, 4) is 23.3 Å². The summed E-state index contributed by atoms with van der Waals surface area (Å²) in [5.41, 5.74) is 0.201. The molecule has 1 heterocycles. The monoisotopic (exact) mass is 327 g/mol. The maximum absolute atomic E-state index is 9.50. The number of ether oxygens (including phenoxy) is 1. The Kier molecular flexibility index (Phi) is 4.73. The Hall–Kier alpha value is -2.18. The predicted molar refractivity (Wildman–Crippen MR) is 90.7 cm³/mol. The van der Waals surface area contributed by atoms with Gasteiger partial charge in [-0.05, 0) is 61.9 Å². The highest BCUT2D eigenvalue weighted by atomic mass is 35.5. The predicted octanol–water partition coefficient (Wildman–Crippen LogP) is 4.57. The normalized spacial score (nSPS) is 16.2. The van der Waals surface area contributed by atoms with Crippen LogP contribution < -0.4 is 4.74 Å². The number of hydrogen-bond acceptors (Lipinski definition) is 3. The largest absolute Gasteiger partial charge is 0.506 e. The molecule has 4 heteroatoms. The van der Waals surface area contributed by atoms with Gasteiger partial charge in [0.05, 0.1) is 6.20 Å². The molecular formula is C19H18ClNO2. The van der Waals surface area contributed by atoms with Crippen molar-refractivity contribution >= 4 is 11.6 Å². The van der Waals surface area contributed by atoms with Gasteiger partial charge in [-0.25, -0.2) is 0 Å². The number of rotatable bonds is 2. The average molecular weight is 328 g/mol. The topological polar surface area (TPSA) is 42.4 Å². The van der Waals surface area contributed by atoms with Gasteiger partial charge >= 0.3 is 0 Å². The minimum Gasteiger partial charge on any atom is -0.506 e. The Bertz CT molecular complexity index is 725. The summed E-state index contributed by atoms with van der Waals surface area (Å²) < 4.78 is 6.23. The Morgan fingerprint density at radius 3 is 2.52 bits per heavy atom. The highest BCUT2D eigenvalue weighted by Crippen LogP contribution is 2.33. The minimum atomic E-state index is -0.489. The van der Waals surface area contributed by atoms with E-state index in [1.165, 1.54) is 12.6 Å². The second-order valence-electron chi connectivity index (χ2n) is 5.79. The molecule has 0 unspecified atom stereocenters. The van der Waals surface area contributed by atoms with Crippen molar-refractivity contribution in [2.24, 2.45) is 0 Å². The number of pyridine rings is 1. The standard InChI is InChI=1S/C19H18ClNO2/c20-16-4-6-18(7-5-16)23-19(9-2-1-3-10-19)11-8-15-12-17(22)14-21-13-15/h4-7,12-14,22H,1-3,9-10H2. The summed E-state index contributed by atoms with van der Waals surface area (Å²) in [5.74, 6) is 7.29. The third kappa shape index (κ3) is 4.18. The first kappa shape index (κ1) is 15.7. The zero-order chi connectivity index (χ0) is 16.1. The van der Waals surface area contributed by atoms with Gasteiger partial charge in [-0.3, -0.25) is 4.98 Å². The summed E-state index contributed by atoms with van der Waals surface area (Å²) in [6.45, 7) is 0. The van der Waals surface area contributed by atoms with Crippen LogP contribution in [-0.2, 0) is 0 Å². The first-order valence-electron chi connectivity index (χ1n) is 7.77. The molecule has 0 amide bonds. The highest BCUT2D eigenvalue weighted by Gasteiger charge is 2.32. The van der Waals surface area contributed by atoms with Crippen molar-refractivity contribution < 1.29 is 9.84 Å². The lowest BCUT2D eigenvalue weighted by Gasteiger charge is -2.33. The number of halogens is 1.